The van der Waals surface area contributed by atoms with Crippen molar-refractivity contribution < 1.29 is 19.4 Å². The van der Waals surface area contributed by atoms with Crippen LogP contribution in [0.25, 0.3) is 0 Å². The summed E-state index contributed by atoms with van der Waals surface area (Å²) < 4.78 is 5.58. The van der Waals surface area contributed by atoms with Crippen LogP contribution < -0.4 is 10.1 Å². The standard InChI is InChI=1S/C16H20N2O4/c19-15(10-18-8-3-5-13(18)16(20)21)17-12-7-9-22-14-6-2-1-4-11(12)14/h1-2,4,6,12-13H,3,5,7-10H2,(H,17,19)(H,20,21)/t12-,13-/m1/s1. The van der Waals surface area contributed by atoms with E-state index in [0.717, 1.165) is 24.2 Å². The third-order valence-corrected chi connectivity index (χ3v) is 4.29. The molecular formula is C16H20N2O4. The van der Waals surface area contributed by atoms with Crippen LogP contribution in [0.1, 0.15) is 30.9 Å². The van der Waals surface area contributed by atoms with E-state index in [2.05, 4.69) is 5.32 Å². The van der Waals surface area contributed by atoms with Gasteiger partial charge in [0.05, 0.1) is 19.2 Å². The SMILES string of the molecule is O=C(CN1CCC[C@@H]1C(=O)O)N[C@@H]1CCOc2ccccc21. The highest BCUT2D eigenvalue weighted by atomic mass is 16.5. The molecule has 118 valence electrons. The number of carboxylic acid groups (broad SMARTS) is 1. The van der Waals surface area contributed by atoms with E-state index in [1.807, 2.05) is 24.3 Å². The molecule has 22 heavy (non-hydrogen) atoms. The maximum Gasteiger partial charge on any atom is 0.320 e. The van der Waals surface area contributed by atoms with Gasteiger partial charge in [-0.15, -0.1) is 0 Å². The summed E-state index contributed by atoms with van der Waals surface area (Å²) in [7, 11) is 0. The number of carbonyl (C=O) groups excluding carboxylic acids is 1. The Balaban J connectivity index is 1.62. The molecule has 1 fully saturated rings. The smallest absolute Gasteiger partial charge is 0.320 e. The number of carboxylic acids is 1. The molecule has 2 heterocycles. The molecule has 2 aliphatic rings. The molecule has 1 aromatic carbocycles. The van der Waals surface area contributed by atoms with Gasteiger partial charge in [-0.05, 0) is 25.5 Å². The number of para-hydroxylation sites is 1. The highest BCUT2D eigenvalue weighted by molar-refractivity contribution is 5.80. The molecule has 0 aliphatic carbocycles. The fourth-order valence-electron chi connectivity index (χ4n) is 3.21. The summed E-state index contributed by atoms with van der Waals surface area (Å²) in [5.41, 5.74) is 0.985. The molecule has 1 aromatic rings. The quantitative estimate of drug-likeness (QED) is 0.873. The molecule has 0 bridgehead atoms. The van der Waals surface area contributed by atoms with Crippen LogP contribution in [0, 0.1) is 0 Å². The van der Waals surface area contributed by atoms with Gasteiger partial charge in [-0.1, -0.05) is 18.2 Å². The lowest BCUT2D eigenvalue weighted by atomic mass is 10.0. The van der Waals surface area contributed by atoms with Crippen LogP contribution >= 0.6 is 0 Å². The van der Waals surface area contributed by atoms with Gasteiger partial charge in [-0.25, -0.2) is 0 Å². The number of hydrogen-bond donors (Lipinski definition) is 2. The average molecular weight is 304 g/mol. The Morgan fingerprint density at radius 2 is 2.14 bits per heavy atom. The van der Waals surface area contributed by atoms with Gasteiger partial charge in [0.15, 0.2) is 0 Å². The van der Waals surface area contributed by atoms with E-state index in [1.54, 1.807) is 4.90 Å². The minimum Gasteiger partial charge on any atom is -0.493 e. The zero-order chi connectivity index (χ0) is 15.5. The predicted octanol–water partition coefficient (Wildman–Crippen LogP) is 1.18. The van der Waals surface area contributed by atoms with Gasteiger partial charge in [0.1, 0.15) is 11.8 Å². The predicted molar refractivity (Wildman–Crippen MR) is 79.7 cm³/mol. The van der Waals surface area contributed by atoms with Crippen molar-refractivity contribution in [2.45, 2.75) is 31.3 Å². The Hall–Kier alpha value is -2.08. The molecule has 0 saturated carbocycles. The lowest BCUT2D eigenvalue weighted by Crippen LogP contribution is -2.44. The lowest BCUT2D eigenvalue weighted by molar-refractivity contribution is -0.142. The van der Waals surface area contributed by atoms with E-state index in [9.17, 15) is 9.59 Å². The first kappa shape index (κ1) is 14.8. The minimum absolute atomic E-state index is 0.0664. The zero-order valence-corrected chi connectivity index (χ0v) is 12.3. The molecule has 2 atom stereocenters. The fourth-order valence-corrected chi connectivity index (χ4v) is 3.21. The van der Waals surface area contributed by atoms with E-state index in [-0.39, 0.29) is 18.5 Å². The van der Waals surface area contributed by atoms with E-state index >= 15 is 0 Å². The molecule has 6 heteroatoms. The van der Waals surface area contributed by atoms with E-state index in [0.29, 0.717) is 19.6 Å². The number of likely N-dealkylation sites (tertiary alicyclic amines) is 1. The van der Waals surface area contributed by atoms with Gasteiger partial charge < -0.3 is 15.2 Å². The summed E-state index contributed by atoms with van der Waals surface area (Å²) in [5.74, 6) is -0.166. The Labute approximate surface area is 129 Å². The summed E-state index contributed by atoms with van der Waals surface area (Å²) in [5, 5.41) is 12.2. The van der Waals surface area contributed by atoms with Gasteiger partial charge in [0.25, 0.3) is 0 Å². The van der Waals surface area contributed by atoms with Crippen molar-refractivity contribution in [3.8, 4) is 5.75 Å². The largest absolute Gasteiger partial charge is 0.493 e. The minimum atomic E-state index is -0.846. The number of benzene rings is 1. The average Bonchev–Trinajstić information content (AvgIpc) is 2.96. The van der Waals surface area contributed by atoms with Gasteiger partial charge in [-0.3, -0.25) is 14.5 Å². The molecular weight excluding hydrogens is 284 g/mol. The highest BCUT2D eigenvalue weighted by Gasteiger charge is 2.32. The second-order valence-corrected chi connectivity index (χ2v) is 5.76. The van der Waals surface area contributed by atoms with Crippen LogP contribution in [0.2, 0.25) is 0 Å². The fraction of sp³-hybridized carbons (Fsp3) is 0.500. The van der Waals surface area contributed by atoms with Crippen LogP contribution in [0.4, 0.5) is 0 Å². The first-order valence-corrected chi connectivity index (χ1v) is 7.63. The van der Waals surface area contributed by atoms with Crippen molar-refractivity contribution in [2.75, 3.05) is 19.7 Å². The number of ether oxygens (including phenoxy) is 1. The zero-order valence-electron chi connectivity index (χ0n) is 12.3. The monoisotopic (exact) mass is 304 g/mol. The molecule has 2 aliphatic heterocycles. The van der Waals surface area contributed by atoms with Crippen LogP contribution in [0.15, 0.2) is 24.3 Å². The number of rotatable bonds is 4. The number of amides is 1. The lowest BCUT2D eigenvalue weighted by Gasteiger charge is -2.28. The maximum absolute atomic E-state index is 12.3. The van der Waals surface area contributed by atoms with E-state index in [1.165, 1.54) is 0 Å². The number of carbonyl (C=O) groups is 2. The van der Waals surface area contributed by atoms with Crippen molar-refractivity contribution in [1.29, 1.82) is 0 Å². The third-order valence-electron chi connectivity index (χ3n) is 4.29. The Kier molecular flexibility index (Phi) is 4.29. The third kappa shape index (κ3) is 3.06. The van der Waals surface area contributed by atoms with Gasteiger partial charge >= 0.3 is 5.97 Å². The molecule has 1 amide bonds. The molecule has 2 N–H and O–H groups in total. The summed E-state index contributed by atoms with van der Waals surface area (Å²) in [6.07, 6.45) is 2.16. The van der Waals surface area contributed by atoms with Gasteiger partial charge in [-0.2, -0.15) is 0 Å². The summed E-state index contributed by atoms with van der Waals surface area (Å²) >= 11 is 0. The molecule has 0 aromatic heterocycles. The van der Waals surface area contributed by atoms with E-state index < -0.39 is 12.0 Å². The number of fused-ring (bicyclic) bond motifs is 1. The van der Waals surface area contributed by atoms with Crippen LogP contribution in [0.5, 0.6) is 5.75 Å². The van der Waals surface area contributed by atoms with E-state index in [4.69, 9.17) is 9.84 Å². The second kappa shape index (κ2) is 6.36. The molecule has 3 rings (SSSR count). The van der Waals surface area contributed by atoms with Crippen LogP contribution in [-0.2, 0) is 9.59 Å². The molecule has 0 unspecified atom stereocenters. The summed E-state index contributed by atoms with van der Waals surface area (Å²) in [6, 6.07) is 7.08. The van der Waals surface area contributed by atoms with Crippen molar-refractivity contribution in [1.82, 2.24) is 10.2 Å². The number of nitrogens with zero attached hydrogens (tertiary/aromatic N) is 1. The number of aliphatic carboxylic acids is 1. The Morgan fingerprint density at radius 1 is 1.32 bits per heavy atom. The first-order chi connectivity index (χ1) is 10.6. The normalized spacial score (nSPS) is 24.4. The summed E-state index contributed by atoms with van der Waals surface area (Å²) in [6.45, 7) is 1.37. The molecule has 0 spiro atoms. The Bertz CT molecular complexity index is 575. The second-order valence-electron chi connectivity index (χ2n) is 5.76. The summed E-state index contributed by atoms with van der Waals surface area (Å²) in [4.78, 5) is 25.2. The van der Waals surface area contributed by atoms with Crippen molar-refractivity contribution in [2.24, 2.45) is 0 Å². The molecule has 6 nitrogen and oxygen atoms in total. The van der Waals surface area contributed by atoms with Gasteiger partial charge in [0, 0.05) is 12.0 Å². The van der Waals surface area contributed by atoms with Gasteiger partial charge in [0.2, 0.25) is 5.91 Å². The molecule has 1 saturated heterocycles. The van der Waals surface area contributed by atoms with Crippen molar-refractivity contribution in [3.63, 3.8) is 0 Å². The number of nitrogens with one attached hydrogen (secondary N) is 1. The first-order valence-electron chi connectivity index (χ1n) is 7.63. The van der Waals surface area contributed by atoms with Crippen LogP contribution in [-0.4, -0.2) is 47.6 Å². The van der Waals surface area contributed by atoms with Crippen LogP contribution in [0.3, 0.4) is 0 Å². The maximum atomic E-state index is 12.3. The Morgan fingerprint density at radius 3 is 2.95 bits per heavy atom. The molecule has 0 radical (unpaired) electrons. The number of hydrogen-bond acceptors (Lipinski definition) is 4. The highest BCUT2D eigenvalue weighted by Crippen LogP contribution is 2.31. The van der Waals surface area contributed by atoms with Crippen molar-refractivity contribution in [3.05, 3.63) is 29.8 Å². The van der Waals surface area contributed by atoms with Crippen molar-refractivity contribution >= 4 is 11.9 Å². The topological polar surface area (TPSA) is 78.9 Å².